The Morgan fingerprint density at radius 3 is 2.71 bits per heavy atom. The van der Waals surface area contributed by atoms with Gasteiger partial charge in [0, 0.05) is 6.42 Å². The summed E-state index contributed by atoms with van der Waals surface area (Å²) in [4.78, 5) is 15.7. The number of rotatable bonds is 5. The van der Waals surface area contributed by atoms with Crippen LogP contribution in [0.1, 0.15) is 48.8 Å². The number of aliphatic hydroxyl groups excluding tert-OH is 1. The molecule has 1 aromatic heterocycles. The third-order valence-corrected chi connectivity index (χ3v) is 4.50. The summed E-state index contributed by atoms with van der Waals surface area (Å²) >= 11 is 0. The second-order valence-electron chi connectivity index (χ2n) is 5.86. The minimum atomic E-state index is -0.941. The SMILES string of the molecule is CCCc1nc2cc(C(=O)O)ccc2n1C1(CO)CCC1. The molecule has 0 spiro atoms. The summed E-state index contributed by atoms with van der Waals surface area (Å²) in [7, 11) is 0. The van der Waals surface area contributed by atoms with Gasteiger partial charge in [-0.25, -0.2) is 9.78 Å². The molecule has 0 aliphatic heterocycles. The number of aliphatic hydroxyl groups is 1. The first-order valence-electron chi connectivity index (χ1n) is 7.47. The van der Waals surface area contributed by atoms with Crippen molar-refractivity contribution in [3.63, 3.8) is 0 Å². The lowest BCUT2D eigenvalue weighted by atomic mass is 9.76. The van der Waals surface area contributed by atoms with E-state index in [2.05, 4.69) is 16.5 Å². The molecule has 0 amide bonds. The summed E-state index contributed by atoms with van der Waals surface area (Å²) in [5.41, 5.74) is 1.64. The van der Waals surface area contributed by atoms with Crippen LogP contribution in [-0.2, 0) is 12.0 Å². The number of carbonyl (C=O) groups is 1. The van der Waals surface area contributed by atoms with Crippen LogP contribution in [0.15, 0.2) is 18.2 Å². The van der Waals surface area contributed by atoms with Crippen molar-refractivity contribution in [3.8, 4) is 0 Å². The van der Waals surface area contributed by atoms with Gasteiger partial charge in [-0.15, -0.1) is 0 Å². The Morgan fingerprint density at radius 1 is 1.43 bits per heavy atom. The van der Waals surface area contributed by atoms with Gasteiger partial charge < -0.3 is 14.8 Å². The van der Waals surface area contributed by atoms with Crippen molar-refractivity contribution >= 4 is 17.0 Å². The zero-order chi connectivity index (χ0) is 15.0. The molecular formula is C16H20N2O3. The fourth-order valence-electron chi connectivity index (χ4n) is 3.22. The van der Waals surface area contributed by atoms with Gasteiger partial charge in [0.1, 0.15) is 5.82 Å². The van der Waals surface area contributed by atoms with E-state index in [1.807, 2.05) is 6.07 Å². The molecule has 5 heteroatoms. The third-order valence-electron chi connectivity index (χ3n) is 4.50. The molecule has 5 nitrogen and oxygen atoms in total. The van der Waals surface area contributed by atoms with Crippen LogP contribution in [0.4, 0.5) is 0 Å². The number of fused-ring (bicyclic) bond motifs is 1. The van der Waals surface area contributed by atoms with Gasteiger partial charge in [0.05, 0.1) is 28.7 Å². The van der Waals surface area contributed by atoms with Gasteiger partial charge in [-0.2, -0.15) is 0 Å². The molecule has 2 N–H and O–H groups in total. The van der Waals surface area contributed by atoms with Crippen LogP contribution in [-0.4, -0.2) is 32.3 Å². The molecule has 1 saturated carbocycles. The molecule has 2 aromatic rings. The minimum Gasteiger partial charge on any atom is -0.478 e. The Balaban J connectivity index is 2.20. The monoisotopic (exact) mass is 288 g/mol. The highest BCUT2D eigenvalue weighted by Crippen LogP contribution is 2.42. The van der Waals surface area contributed by atoms with E-state index in [1.165, 1.54) is 0 Å². The number of aromatic carboxylic acids is 1. The number of hydrogen-bond acceptors (Lipinski definition) is 3. The molecule has 3 rings (SSSR count). The number of benzene rings is 1. The Morgan fingerprint density at radius 2 is 2.19 bits per heavy atom. The van der Waals surface area contributed by atoms with Crippen molar-refractivity contribution < 1.29 is 15.0 Å². The predicted molar refractivity (Wildman–Crippen MR) is 79.6 cm³/mol. The fourth-order valence-corrected chi connectivity index (χ4v) is 3.22. The van der Waals surface area contributed by atoms with Gasteiger partial charge in [-0.1, -0.05) is 6.92 Å². The van der Waals surface area contributed by atoms with Crippen molar-refractivity contribution in [3.05, 3.63) is 29.6 Å². The zero-order valence-corrected chi connectivity index (χ0v) is 12.2. The molecular weight excluding hydrogens is 268 g/mol. The highest BCUT2D eigenvalue weighted by Gasteiger charge is 2.40. The molecule has 1 heterocycles. The predicted octanol–water partition coefficient (Wildman–Crippen LogP) is 2.56. The number of hydrogen-bond donors (Lipinski definition) is 2. The van der Waals surface area contributed by atoms with E-state index in [4.69, 9.17) is 5.11 Å². The molecule has 1 aliphatic carbocycles. The molecule has 112 valence electrons. The minimum absolute atomic E-state index is 0.107. The van der Waals surface area contributed by atoms with E-state index in [0.717, 1.165) is 43.4 Å². The molecule has 21 heavy (non-hydrogen) atoms. The molecule has 1 aromatic carbocycles. The zero-order valence-electron chi connectivity index (χ0n) is 12.2. The third kappa shape index (κ3) is 2.12. The van der Waals surface area contributed by atoms with Crippen molar-refractivity contribution in [2.45, 2.75) is 44.6 Å². The highest BCUT2D eigenvalue weighted by molar-refractivity contribution is 5.92. The van der Waals surface area contributed by atoms with Crippen molar-refractivity contribution in [2.24, 2.45) is 0 Å². The van der Waals surface area contributed by atoms with Crippen LogP contribution >= 0.6 is 0 Å². The maximum atomic E-state index is 11.1. The van der Waals surface area contributed by atoms with Crippen LogP contribution in [0.5, 0.6) is 0 Å². The molecule has 0 radical (unpaired) electrons. The standard InChI is InChI=1S/C16H20N2O3/c1-2-4-14-17-12-9-11(15(20)21)5-6-13(12)18(14)16(10-19)7-3-8-16/h5-6,9,19H,2-4,7-8,10H2,1H3,(H,20,21). The summed E-state index contributed by atoms with van der Waals surface area (Å²) in [5, 5.41) is 19.0. The van der Waals surface area contributed by atoms with E-state index in [0.29, 0.717) is 5.52 Å². The van der Waals surface area contributed by atoms with Gasteiger partial charge in [-0.05, 0) is 43.9 Å². The van der Waals surface area contributed by atoms with Crippen molar-refractivity contribution in [1.82, 2.24) is 9.55 Å². The van der Waals surface area contributed by atoms with Gasteiger partial charge >= 0.3 is 5.97 Å². The highest BCUT2D eigenvalue weighted by atomic mass is 16.4. The molecule has 1 aliphatic rings. The Hall–Kier alpha value is -1.88. The summed E-state index contributed by atoms with van der Waals surface area (Å²) in [6, 6.07) is 5.06. The maximum Gasteiger partial charge on any atom is 0.335 e. The maximum absolute atomic E-state index is 11.1. The van der Waals surface area contributed by atoms with E-state index >= 15 is 0 Å². The van der Waals surface area contributed by atoms with E-state index in [1.54, 1.807) is 12.1 Å². The number of aromatic nitrogens is 2. The molecule has 0 atom stereocenters. The molecule has 1 fully saturated rings. The van der Waals surface area contributed by atoms with Gasteiger partial charge in [0.25, 0.3) is 0 Å². The normalized spacial score (nSPS) is 16.9. The first-order chi connectivity index (χ1) is 10.1. The average Bonchev–Trinajstić information content (AvgIpc) is 2.77. The Bertz CT molecular complexity index is 681. The van der Waals surface area contributed by atoms with Crippen LogP contribution in [0.2, 0.25) is 0 Å². The van der Waals surface area contributed by atoms with Gasteiger partial charge in [-0.3, -0.25) is 0 Å². The number of carboxylic acids is 1. The lowest BCUT2D eigenvalue weighted by Gasteiger charge is -2.43. The number of imidazole rings is 1. The molecule has 0 saturated heterocycles. The topological polar surface area (TPSA) is 75.3 Å². The fraction of sp³-hybridized carbons (Fsp3) is 0.500. The van der Waals surface area contributed by atoms with Gasteiger partial charge in [0.2, 0.25) is 0 Å². The average molecular weight is 288 g/mol. The summed E-state index contributed by atoms with van der Waals surface area (Å²) < 4.78 is 2.15. The smallest absolute Gasteiger partial charge is 0.335 e. The van der Waals surface area contributed by atoms with E-state index in [-0.39, 0.29) is 17.7 Å². The molecule has 0 unspecified atom stereocenters. The summed E-state index contributed by atoms with van der Waals surface area (Å²) in [6.07, 6.45) is 4.81. The van der Waals surface area contributed by atoms with E-state index < -0.39 is 5.97 Å². The Labute approximate surface area is 123 Å². The first kappa shape index (κ1) is 14.1. The lowest BCUT2D eigenvalue weighted by molar-refractivity contribution is 0.0563. The van der Waals surface area contributed by atoms with Crippen LogP contribution in [0, 0.1) is 0 Å². The van der Waals surface area contributed by atoms with Crippen molar-refractivity contribution in [1.29, 1.82) is 0 Å². The van der Waals surface area contributed by atoms with Gasteiger partial charge in [0.15, 0.2) is 0 Å². The largest absolute Gasteiger partial charge is 0.478 e. The summed E-state index contributed by atoms with van der Waals surface area (Å²) in [5.74, 6) is 0.00722. The van der Waals surface area contributed by atoms with E-state index in [9.17, 15) is 9.90 Å². The second-order valence-corrected chi connectivity index (χ2v) is 5.86. The number of nitrogens with zero attached hydrogens (tertiary/aromatic N) is 2. The second kappa shape index (κ2) is 5.15. The van der Waals surface area contributed by atoms with Crippen LogP contribution in [0.25, 0.3) is 11.0 Å². The Kier molecular flexibility index (Phi) is 3.45. The lowest BCUT2D eigenvalue weighted by Crippen LogP contribution is -2.44. The number of aryl methyl sites for hydroxylation is 1. The van der Waals surface area contributed by atoms with Crippen molar-refractivity contribution in [2.75, 3.05) is 6.61 Å². The van der Waals surface area contributed by atoms with Crippen LogP contribution in [0.3, 0.4) is 0 Å². The first-order valence-corrected chi connectivity index (χ1v) is 7.47. The summed E-state index contributed by atoms with van der Waals surface area (Å²) in [6.45, 7) is 2.20. The molecule has 0 bridgehead atoms. The number of carboxylic acid groups (broad SMARTS) is 1. The van der Waals surface area contributed by atoms with Crippen LogP contribution < -0.4 is 0 Å². The quantitative estimate of drug-likeness (QED) is 0.886.